The summed E-state index contributed by atoms with van der Waals surface area (Å²) in [7, 11) is 1.41. The third kappa shape index (κ3) is 5.81. The van der Waals surface area contributed by atoms with Crippen LogP contribution in [-0.4, -0.2) is 54.4 Å². The Labute approximate surface area is 92.0 Å². The molecule has 0 unspecified atom stereocenters. The van der Waals surface area contributed by atoms with Crippen molar-refractivity contribution in [3.8, 4) is 0 Å². The number of rotatable bonds is 6. The summed E-state index contributed by atoms with van der Waals surface area (Å²) in [5, 5.41) is 23.8. The first kappa shape index (κ1) is 14.2. The lowest BCUT2D eigenvalue weighted by Crippen LogP contribution is -2.48. The Morgan fingerprint density at radius 1 is 1.31 bits per heavy atom. The SMILES string of the molecule is CNC(=O)CNC(=O)N[C@@H](CCO)C(=O)O. The molecule has 0 radical (unpaired) electrons. The Hall–Kier alpha value is -1.83. The van der Waals surface area contributed by atoms with Crippen LogP contribution >= 0.6 is 0 Å². The Balaban J connectivity index is 4.00. The number of hydrogen-bond acceptors (Lipinski definition) is 4. The van der Waals surface area contributed by atoms with Crippen molar-refractivity contribution < 1.29 is 24.6 Å². The van der Waals surface area contributed by atoms with Crippen LogP contribution in [0.3, 0.4) is 0 Å². The van der Waals surface area contributed by atoms with Crippen molar-refractivity contribution in [2.24, 2.45) is 0 Å². The number of urea groups is 1. The summed E-state index contributed by atoms with van der Waals surface area (Å²) in [6.45, 7) is -0.597. The van der Waals surface area contributed by atoms with Crippen LogP contribution in [0.15, 0.2) is 0 Å². The highest BCUT2D eigenvalue weighted by molar-refractivity contribution is 5.86. The Bertz CT molecular complexity index is 268. The molecule has 16 heavy (non-hydrogen) atoms. The van der Waals surface area contributed by atoms with Crippen LogP contribution in [0.4, 0.5) is 4.79 Å². The van der Waals surface area contributed by atoms with E-state index in [1.807, 2.05) is 0 Å². The molecule has 0 aromatic rings. The van der Waals surface area contributed by atoms with E-state index in [2.05, 4.69) is 16.0 Å². The minimum absolute atomic E-state index is 0.0945. The van der Waals surface area contributed by atoms with Gasteiger partial charge in [-0.3, -0.25) is 4.79 Å². The minimum Gasteiger partial charge on any atom is -0.480 e. The maximum absolute atomic E-state index is 11.1. The number of nitrogens with one attached hydrogen (secondary N) is 3. The molecule has 0 bridgehead atoms. The summed E-state index contributed by atoms with van der Waals surface area (Å²) in [4.78, 5) is 32.4. The molecule has 8 heteroatoms. The molecule has 0 aliphatic heterocycles. The van der Waals surface area contributed by atoms with Gasteiger partial charge >= 0.3 is 12.0 Å². The third-order valence-corrected chi connectivity index (χ3v) is 1.71. The zero-order chi connectivity index (χ0) is 12.6. The number of aliphatic carboxylic acids is 1. The monoisotopic (exact) mass is 233 g/mol. The van der Waals surface area contributed by atoms with Crippen molar-refractivity contribution in [1.82, 2.24) is 16.0 Å². The van der Waals surface area contributed by atoms with E-state index in [1.165, 1.54) is 7.05 Å². The maximum atomic E-state index is 11.1. The van der Waals surface area contributed by atoms with Crippen molar-refractivity contribution in [1.29, 1.82) is 0 Å². The average molecular weight is 233 g/mol. The van der Waals surface area contributed by atoms with Crippen molar-refractivity contribution in [2.45, 2.75) is 12.5 Å². The number of hydrogen-bond donors (Lipinski definition) is 5. The molecular weight excluding hydrogens is 218 g/mol. The first-order chi connectivity index (χ1) is 7.51. The van der Waals surface area contributed by atoms with Crippen molar-refractivity contribution >= 4 is 17.9 Å². The molecule has 0 saturated heterocycles. The molecule has 5 N–H and O–H groups in total. The fourth-order valence-electron chi connectivity index (χ4n) is 0.845. The lowest BCUT2D eigenvalue weighted by atomic mass is 10.2. The summed E-state index contributed by atoms with van der Waals surface area (Å²) < 4.78 is 0. The maximum Gasteiger partial charge on any atom is 0.326 e. The molecule has 0 rings (SSSR count). The quantitative estimate of drug-likeness (QED) is 0.358. The van der Waals surface area contributed by atoms with Gasteiger partial charge in [0.05, 0.1) is 6.54 Å². The summed E-state index contributed by atoms with van der Waals surface area (Å²) >= 11 is 0. The predicted molar refractivity (Wildman–Crippen MR) is 53.7 cm³/mol. The molecule has 8 nitrogen and oxygen atoms in total. The zero-order valence-electron chi connectivity index (χ0n) is 8.82. The third-order valence-electron chi connectivity index (χ3n) is 1.71. The Morgan fingerprint density at radius 3 is 2.38 bits per heavy atom. The second kappa shape index (κ2) is 7.46. The molecular formula is C8H15N3O5. The van der Waals surface area contributed by atoms with Gasteiger partial charge in [-0.05, 0) is 0 Å². The summed E-state index contributed by atoms with van der Waals surface area (Å²) in [6, 6.07) is -1.95. The van der Waals surface area contributed by atoms with E-state index in [-0.39, 0.29) is 19.6 Å². The van der Waals surface area contributed by atoms with E-state index < -0.39 is 23.9 Å². The van der Waals surface area contributed by atoms with Gasteiger partial charge < -0.3 is 26.2 Å². The van der Waals surface area contributed by atoms with Crippen molar-refractivity contribution in [2.75, 3.05) is 20.2 Å². The normalized spacial score (nSPS) is 11.4. The summed E-state index contributed by atoms with van der Waals surface area (Å²) in [6.07, 6.45) is -0.0945. The number of likely N-dealkylation sites (N-methyl/N-ethyl adjacent to an activating group) is 1. The standard InChI is InChI=1S/C8H15N3O5/c1-9-6(13)4-10-8(16)11-5(2-3-12)7(14)15/h5,12H,2-4H2,1H3,(H,9,13)(H,14,15)(H2,10,11,16)/t5-/m0/s1. The van der Waals surface area contributed by atoms with E-state index in [9.17, 15) is 14.4 Å². The van der Waals surface area contributed by atoms with Gasteiger partial charge in [0.1, 0.15) is 6.04 Å². The van der Waals surface area contributed by atoms with Gasteiger partial charge in [0.2, 0.25) is 5.91 Å². The molecule has 0 fully saturated rings. The summed E-state index contributed by atoms with van der Waals surface area (Å²) in [5.41, 5.74) is 0. The number of carbonyl (C=O) groups is 3. The molecule has 0 aliphatic rings. The molecule has 0 heterocycles. The van der Waals surface area contributed by atoms with Gasteiger partial charge in [0.15, 0.2) is 0 Å². The Kier molecular flexibility index (Phi) is 6.61. The number of carbonyl (C=O) groups excluding carboxylic acids is 2. The van der Waals surface area contributed by atoms with E-state index in [4.69, 9.17) is 10.2 Å². The van der Waals surface area contributed by atoms with Crippen LogP contribution in [0.1, 0.15) is 6.42 Å². The van der Waals surface area contributed by atoms with Crippen LogP contribution < -0.4 is 16.0 Å². The number of carboxylic acid groups (broad SMARTS) is 1. The molecule has 0 aliphatic carbocycles. The minimum atomic E-state index is -1.25. The fraction of sp³-hybridized carbons (Fsp3) is 0.625. The highest BCUT2D eigenvalue weighted by atomic mass is 16.4. The molecule has 0 aromatic heterocycles. The van der Waals surface area contributed by atoms with Gasteiger partial charge in [-0.25, -0.2) is 9.59 Å². The predicted octanol–water partition coefficient (Wildman–Crippen LogP) is -2.13. The smallest absolute Gasteiger partial charge is 0.326 e. The van der Waals surface area contributed by atoms with Crippen LogP contribution in [0.5, 0.6) is 0 Å². The topological polar surface area (TPSA) is 128 Å². The highest BCUT2D eigenvalue weighted by Crippen LogP contribution is 1.90. The number of amides is 3. The number of aliphatic hydroxyl groups is 1. The largest absolute Gasteiger partial charge is 0.480 e. The summed E-state index contributed by atoms with van der Waals surface area (Å²) in [5.74, 6) is -1.65. The van der Waals surface area contributed by atoms with E-state index in [0.29, 0.717) is 0 Å². The van der Waals surface area contributed by atoms with E-state index in [0.717, 1.165) is 0 Å². The molecule has 92 valence electrons. The lowest BCUT2D eigenvalue weighted by Gasteiger charge is -2.13. The zero-order valence-corrected chi connectivity index (χ0v) is 8.82. The first-order valence-corrected chi connectivity index (χ1v) is 4.59. The van der Waals surface area contributed by atoms with Crippen LogP contribution in [0.2, 0.25) is 0 Å². The molecule has 0 saturated carbocycles. The number of aliphatic hydroxyl groups excluding tert-OH is 1. The van der Waals surface area contributed by atoms with Crippen LogP contribution in [-0.2, 0) is 9.59 Å². The van der Waals surface area contributed by atoms with Crippen molar-refractivity contribution in [3.63, 3.8) is 0 Å². The average Bonchev–Trinajstić information content (AvgIpc) is 2.25. The van der Waals surface area contributed by atoms with E-state index in [1.54, 1.807) is 0 Å². The van der Waals surface area contributed by atoms with E-state index >= 15 is 0 Å². The van der Waals surface area contributed by atoms with Gasteiger partial charge in [0.25, 0.3) is 0 Å². The van der Waals surface area contributed by atoms with Crippen LogP contribution in [0, 0.1) is 0 Å². The second-order valence-corrected chi connectivity index (χ2v) is 2.90. The number of carboxylic acids is 1. The van der Waals surface area contributed by atoms with Gasteiger partial charge in [-0.15, -0.1) is 0 Å². The molecule has 0 aromatic carbocycles. The highest BCUT2D eigenvalue weighted by Gasteiger charge is 2.18. The lowest BCUT2D eigenvalue weighted by molar-refractivity contribution is -0.139. The Morgan fingerprint density at radius 2 is 1.94 bits per heavy atom. The second-order valence-electron chi connectivity index (χ2n) is 2.90. The fourth-order valence-corrected chi connectivity index (χ4v) is 0.845. The molecule has 1 atom stereocenters. The first-order valence-electron chi connectivity index (χ1n) is 4.59. The van der Waals surface area contributed by atoms with Gasteiger partial charge in [0, 0.05) is 20.1 Å². The van der Waals surface area contributed by atoms with Crippen molar-refractivity contribution in [3.05, 3.63) is 0 Å². The van der Waals surface area contributed by atoms with Gasteiger partial charge in [-0.1, -0.05) is 0 Å². The van der Waals surface area contributed by atoms with Gasteiger partial charge in [-0.2, -0.15) is 0 Å². The molecule has 3 amide bonds. The van der Waals surface area contributed by atoms with Crippen LogP contribution in [0.25, 0.3) is 0 Å². The molecule has 0 spiro atoms.